The maximum absolute atomic E-state index is 10.7. The van der Waals surface area contributed by atoms with Crippen molar-refractivity contribution >= 4 is 17.2 Å². The fourth-order valence-electron chi connectivity index (χ4n) is 2.13. The molecule has 7 nitrogen and oxygen atoms in total. The van der Waals surface area contributed by atoms with Crippen LogP contribution >= 0.6 is 0 Å². The van der Waals surface area contributed by atoms with Gasteiger partial charge in [-0.05, 0) is 18.9 Å². The van der Waals surface area contributed by atoms with Crippen molar-refractivity contribution in [3.8, 4) is 0 Å². The summed E-state index contributed by atoms with van der Waals surface area (Å²) in [6, 6.07) is 4.42. The topological polar surface area (TPSA) is 105 Å². The molecule has 0 bridgehead atoms. The van der Waals surface area contributed by atoms with Gasteiger partial charge < -0.3 is 15.8 Å². The maximum atomic E-state index is 10.7. The second kappa shape index (κ2) is 4.91. The van der Waals surface area contributed by atoms with Gasteiger partial charge >= 0.3 is 0 Å². The number of anilines is 1. The Bertz CT molecular complexity index is 495. The zero-order chi connectivity index (χ0) is 13.1. The van der Waals surface area contributed by atoms with Gasteiger partial charge in [0, 0.05) is 30.9 Å². The first-order chi connectivity index (χ1) is 8.63. The summed E-state index contributed by atoms with van der Waals surface area (Å²) in [5, 5.41) is 22.4. The van der Waals surface area contributed by atoms with Crippen LogP contribution in [0.1, 0.15) is 18.4 Å². The molecule has 1 aromatic carbocycles. The molecule has 1 aromatic rings. The predicted octanol–water partition coefficient (Wildman–Crippen LogP) is 1.29. The highest BCUT2D eigenvalue weighted by molar-refractivity contribution is 6.02. The SMILES string of the molecule is NC(=NO)c1cc([N+](=O)[O-])ccc1N1CCCC1. The van der Waals surface area contributed by atoms with E-state index < -0.39 is 4.92 Å². The minimum Gasteiger partial charge on any atom is -0.409 e. The predicted molar refractivity (Wildman–Crippen MR) is 67.1 cm³/mol. The summed E-state index contributed by atoms with van der Waals surface area (Å²) in [6.07, 6.45) is 2.15. The van der Waals surface area contributed by atoms with E-state index in [0.717, 1.165) is 31.6 Å². The highest BCUT2D eigenvalue weighted by Crippen LogP contribution is 2.28. The lowest BCUT2D eigenvalue weighted by molar-refractivity contribution is -0.384. The third-order valence-electron chi connectivity index (χ3n) is 3.02. The number of oxime groups is 1. The van der Waals surface area contributed by atoms with Crippen LogP contribution in [0, 0.1) is 10.1 Å². The van der Waals surface area contributed by atoms with E-state index in [2.05, 4.69) is 10.1 Å². The van der Waals surface area contributed by atoms with Crippen LogP contribution in [0.4, 0.5) is 11.4 Å². The smallest absolute Gasteiger partial charge is 0.270 e. The second-order valence-electron chi connectivity index (χ2n) is 4.14. The minimum atomic E-state index is -0.498. The number of hydrogen-bond acceptors (Lipinski definition) is 5. The Balaban J connectivity index is 2.47. The van der Waals surface area contributed by atoms with Crippen LogP contribution in [0.5, 0.6) is 0 Å². The number of benzene rings is 1. The van der Waals surface area contributed by atoms with E-state index in [-0.39, 0.29) is 11.5 Å². The Hall–Kier alpha value is -2.31. The van der Waals surface area contributed by atoms with Crippen molar-refractivity contribution in [3.63, 3.8) is 0 Å². The van der Waals surface area contributed by atoms with Crippen LogP contribution in [0.3, 0.4) is 0 Å². The Kier molecular flexibility index (Phi) is 3.31. The first-order valence-corrected chi connectivity index (χ1v) is 5.65. The monoisotopic (exact) mass is 250 g/mol. The van der Waals surface area contributed by atoms with Crippen LogP contribution in [0.25, 0.3) is 0 Å². The number of nitro groups is 1. The Morgan fingerprint density at radius 2 is 2.11 bits per heavy atom. The lowest BCUT2D eigenvalue weighted by Crippen LogP contribution is -2.23. The number of rotatable bonds is 3. The molecule has 0 unspecified atom stereocenters. The molecule has 0 aromatic heterocycles. The number of amidine groups is 1. The van der Waals surface area contributed by atoms with Crippen molar-refractivity contribution in [2.24, 2.45) is 10.9 Å². The summed E-state index contributed by atoms with van der Waals surface area (Å²) < 4.78 is 0. The fourth-order valence-corrected chi connectivity index (χ4v) is 2.13. The van der Waals surface area contributed by atoms with Crippen molar-refractivity contribution in [2.75, 3.05) is 18.0 Å². The van der Waals surface area contributed by atoms with Gasteiger partial charge in [0.1, 0.15) is 0 Å². The normalized spacial score (nSPS) is 16.0. The fraction of sp³-hybridized carbons (Fsp3) is 0.364. The molecule has 0 amide bonds. The van der Waals surface area contributed by atoms with E-state index in [4.69, 9.17) is 10.9 Å². The zero-order valence-electron chi connectivity index (χ0n) is 9.74. The third kappa shape index (κ3) is 2.20. The number of nitrogens with two attached hydrogens (primary N) is 1. The summed E-state index contributed by atoms with van der Waals surface area (Å²) >= 11 is 0. The molecule has 1 aliphatic rings. The molecule has 1 fully saturated rings. The number of nitro benzene ring substituents is 1. The maximum Gasteiger partial charge on any atom is 0.270 e. The minimum absolute atomic E-state index is 0.0699. The average Bonchev–Trinajstić information content (AvgIpc) is 2.90. The molecule has 0 spiro atoms. The molecule has 3 N–H and O–H groups in total. The average molecular weight is 250 g/mol. The van der Waals surface area contributed by atoms with Crippen molar-refractivity contribution in [3.05, 3.63) is 33.9 Å². The summed E-state index contributed by atoms with van der Waals surface area (Å²) in [5.41, 5.74) is 6.68. The zero-order valence-corrected chi connectivity index (χ0v) is 9.74. The van der Waals surface area contributed by atoms with E-state index >= 15 is 0 Å². The summed E-state index contributed by atoms with van der Waals surface area (Å²) in [5.74, 6) is -0.111. The Morgan fingerprint density at radius 3 is 2.67 bits per heavy atom. The first kappa shape index (κ1) is 12.2. The van der Waals surface area contributed by atoms with Crippen molar-refractivity contribution in [1.82, 2.24) is 0 Å². The summed E-state index contributed by atoms with van der Waals surface area (Å²) in [6.45, 7) is 1.76. The molecule has 18 heavy (non-hydrogen) atoms. The molecule has 2 rings (SSSR count). The molecular weight excluding hydrogens is 236 g/mol. The van der Waals surface area contributed by atoms with Gasteiger partial charge in [0.25, 0.3) is 5.69 Å². The van der Waals surface area contributed by atoms with Gasteiger partial charge in [-0.1, -0.05) is 5.16 Å². The number of non-ortho nitro benzene ring substituents is 1. The molecule has 0 atom stereocenters. The largest absolute Gasteiger partial charge is 0.409 e. The molecule has 0 saturated carbocycles. The molecule has 1 aliphatic heterocycles. The van der Waals surface area contributed by atoms with Gasteiger partial charge in [0.15, 0.2) is 5.84 Å². The third-order valence-corrected chi connectivity index (χ3v) is 3.02. The second-order valence-corrected chi connectivity index (χ2v) is 4.14. The Morgan fingerprint density at radius 1 is 1.44 bits per heavy atom. The molecule has 96 valence electrons. The molecule has 1 saturated heterocycles. The van der Waals surface area contributed by atoms with Gasteiger partial charge in [-0.2, -0.15) is 0 Å². The summed E-state index contributed by atoms with van der Waals surface area (Å²) in [7, 11) is 0. The van der Waals surface area contributed by atoms with Crippen molar-refractivity contribution < 1.29 is 10.1 Å². The van der Waals surface area contributed by atoms with Crippen LogP contribution in [0.2, 0.25) is 0 Å². The molecule has 1 heterocycles. The lowest BCUT2D eigenvalue weighted by atomic mass is 10.1. The molecule has 0 aliphatic carbocycles. The van der Waals surface area contributed by atoms with Gasteiger partial charge in [-0.3, -0.25) is 10.1 Å². The van der Waals surface area contributed by atoms with Crippen LogP contribution < -0.4 is 10.6 Å². The van der Waals surface area contributed by atoms with E-state index in [0.29, 0.717) is 5.56 Å². The number of hydrogen-bond donors (Lipinski definition) is 2. The van der Waals surface area contributed by atoms with E-state index in [9.17, 15) is 10.1 Å². The van der Waals surface area contributed by atoms with Crippen molar-refractivity contribution in [1.29, 1.82) is 0 Å². The first-order valence-electron chi connectivity index (χ1n) is 5.65. The molecular formula is C11H14N4O3. The van der Waals surface area contributed by atoms with Crippen LogP contribution in [-0.2, 0) is 0 Å². The van der Waals surface area contributed by atoms with Gasteiger partial charge in [-0.15, -0.1) is 0 Å². The van der Waals surface area contributed by atoms with E-state index in [1.165, 1.54) is 12.1 Å². The van der Waals surface area contributed by atoms with Gasteiger partial charge in [0.05, 0.1) is 10.5 Å². The standard InChI is InChI=1S/C11H14N4O3/c12-11(13-16)9-7-8(15(17)18)3-4-10(9)14-5-1-2-6-14/h3-4,7,16H,1-2,5-6H2,(H2,12,13). The highest BCUT2D eigenvalue weighted by Gasteiger charge is 2.20. The van der Waals surface area contributed by atoms with Gasteiger partial charge in [-0.25, -0.2) is 0 Å². The molecule has 7 heteroatoms. The lowest BCUT2D eigenvalue weighted by Gasteiger charge is -2.20. The quantitative estimate of drug-likeness (QED) is 0.276. The van der Waals surface area contributed by atoms with E-state index in [1.807, 2.05) is 0 Å². The highest BCUT2D eigenvalue weighted by atomic mass is 16.6. The molecule has 0 radical (unpaired) electrons. The van der Waals surface area contributed by atoms with Crippen LogP contribution in [0.15, 0.2) is 23.4 Å². The Labute approximate surface area is 104 Å². The number of nitrogens with zero attached hydrogens (tertiary/aromatic N) is 3. The van der Waals surface area contributed by atoms with Crippen LogP contribution in [-0.4, -0.2) is 29.1 Å². The van der Waals surface area contributed by atoms with Crippen molar-refractivity contribution in [2.45, 2.75) is 12.8 Å². The van der Waals surface area contributed by atoms with Gasteiger partial charge in [0.2, 0.25) is 0 Å². The van der Waals surface area contributed by atoms with E-state index in [1.54, 1.807) is 6.07 Å². The summed E-state index contributed by atoms with van der Waals surface area (Å²) in [4.78, 5) is 12.3.